The van der Waals surface area contributed by atoms with Gasteiger partial charge in [-0.2, -0.15) is 0 Å². The number of aromatic amines is 1. The molecule has 0 saturated heterocycles. The fourth-order valence-electron chi connectivity index (χ4n) is 3.12. The molecule has 0 spiro atoms. The molecule has 0 bridgehead atoms. The zero-order chi connectivity index (χ0) is 17.4. The van der Waals surface area contributed by atoms with Gasteiger partial charge in [-0.05, 0) is 61.7 Å². The minimum absolute atomic E-state index is 0.0547. The van der Waals surface area contributed by atoms with Crippen LogP contribution in [0.2, 0.25) is 0 Å². The molecule has 0 atom stereocenters. The van der Waals surface area contributed by atoms with Crippen LogP contribution in [-0.2, 0) is 6.42 Å². The van der Waals surface area contributed by atoms with Crippen molar-refractivity contribution in [1.82, 2.24) is 10.3 Å². The van der Waals surface area contributed by atoms with Crippen molar-refractivity contribution in [3.63, 3.8) is 0 Å². The number of amides is 1. The van der Waals surface area contributed by atoms with E-state index in [0.29, 0.717) is 12.1 Å². The van der Waals surface area contributed by atoms with Gasteiger partial charge in [0.15, 0.2) is 11.5 Å². The average Bonchev–Trinajstić information content (AvgIpc) is 3.19. The maximum atomic E-state index is 12.4. The van der Waals surface area contributed by atoms with E-state index in [1.54, 1.807) is 0 Å². The smallest absolute Gasteiger partial charge is 0.251 e. The number of ether oxygens (including phenoxy) is 2. The van der Waals surface area contributed by atoms with Crippen molar-refractivity contribution in [2.75, 3.05) is 13.3 Å². The number of fused-ring (bicyclic) bond motifs is 2. The van der Waals surface area contributed by atoms with Crippen LogP contribution < -0.4 is 14.8 Å². The maximum Gasteiger partial charge on any atom is 0.251 e. The highest BCUT2D eigenvalue weighted by molar-refractivity contribution is 5.99. The number of hydrogen-bond acceptors (Lipinski definition) is 3. The summed E-state index contributed by atoms with van der Waals surface area (Å²) in [5, 5.41) is 4.08. The first kappa shape index (κ1) is 15.6. The van der Waals surface area contributed by atoms with Crippen LogP contribution in [0.5, 0.6) is 11.5 Å². The topological polar surface area (TPSA) is 63.4 Å². The minimum atomic E-state index is -0.0547. The molecule has 2 aromatic carbocycles. The van der Waals surface area contributed by atoms with Crippen molar-refractivity contribution in [2.24, 2.45) is 0 Å². The quantitative estimate of drug-likeness (QED) is 0.767. The molecule has 3 aromatic rings. The SMILES string of the molecule is Cc1[nH]c2ccc(C(=O)NCCc3ccc4c(c3)OCO4)cc2c1C. The molecule has 4 rings (SSSR count). The number of benzene rings is 2. The van der Waals surface area contributed by atoms with E-state index in [9.17, 15) is 4.79 Å². The first-order chi connectivity index (χ1) is 12.1. The van der Waals surface area contributed by atoms with E-state index in [1.807, 2.05) is 43.3 Å². The molecule has 2 heterocycles. The van der Waals surface area contributed by atoms with E-state index in [1.165, 1.54) is 5.56 Å². The van der Waals surface area contributed by atoms with Crippen molar-refractivity contribution in [3.8, 4) is 11.5 Å². The first-order valence-electron chi connectivity index (χ1n) is 8.37. The van der Waals surface area contributed by atoms with Gasteiger partial charge in [0.05, 0.1) is 0 Å². The van der Waals surface area contributed by atoms with Crippen LogP contribution >= 0.6 is 0 Å². The van der Waals surface area contributed by atoms with Gasteiger partial charge < -0.3 is 19.8 Å². The molecule has 0 aliphatic carbocycles. The lowest BCUT2D eigenvalue weighted by atomic mass is 10.1. The molecule has 25 heavy (non-hydrogen) atoms. The van der Waals surface area contributed by atoms with Gasteiger partial charge in [-0.15, -0.1) is 0 Å². The van der Waals surface area contributed by atoms with Gasteiger partial charge in [-0.25, -0.2) is 0 Å². The Bertz CT molecular complexity index is 959. The van der Waals surface area contributed by atoms with E-state index in [2.05, 4.69) is 17.2 Å². The number of H-pyrrole nitrogens is 1. The zero-order valence-electron chi connectivity index (χ0n) is 14.3. The second-order valence-electron chi connectivity index (χ2n) is 6.33. The Morgan fingerprint density at radius 2 is 1.96 bits per heavy atom. The second-order valence-corrected chi connectivity index (χ2v) is 6.33. The zero-order valence-corrected chi connectivity index (χ0v) is 14.3. The van der Waals surface area contributed by atoms with Gasteiger partial charge in [-0.1, -0.05) is 6.07 Å². The molecule has 1 amide bonds. The van der Waals surface area contributed by atoms with E-state index in [4.69, 9.17) is 9.47 Å². The molecule has 0 fully saturated rings. The van der Waals surface area contributed by atoms with Crippen LogP contribution in [0.1, 0.15) is 27.2 Å². The van der Waals surface area contributed by atoms with Gasteiger partial charge >= 0.3 is 0 Å². The molecule has 0 radical (unpaired) electrons. The van der Waals surface area contributed by atoms with Gasteiger partial charge in [0.2, 0.25) is 6.79 Å². The summed E-state index contributed by atoms with van der Waals surface area (Å²) in [7, 11) is 0. The monoisotopic (exact) mass is 336 g/mol. The number of nitrogens with one attached hydrogen (secondary N) is 2. The van der Waals surface area contributed by atoms with Crippen molar-refractivity contribution < 1.29 is 14.3 Å². The van der Waals surface area contributed by atoms with Crippen LogP contribution in [0.15, 0.2) is 36.4 Å². The molecule has 2 N–H and O–H groups in total. The molecule has 5 nitrogen and oxygen atoms in total. The highest BCUT2D eigenvalue weighted by atomic mass is 16.7. The molecular weight excluding hydrogens is 316 g/mol. The molecule has 0 unspecified atom stereocenters. The van der Waals surface area contributed by atoms with Crippen molar-refractivity contribution in [2.45, 2.75) is 20.3 Å². The van der Waals surface area contributed by atoms with Crippen molar-refractivity contribution in [3.05, 3.63) is 58.8 Å². The number of aryl methyl sites for hydroxylation is 2. The van der Waals surface area contributed by atoms with E-state index in [0.717, 1.165) is 40.1 Å². The number of carbonyl (C=O) groups excluding carboxylic acids is 1. The predicted molar refractivity (Wildman–Crippen MR) is 96.4 cm³/mol. The molecule has 1 aliphatic heterocycles. The lowest BCUT2D eigenvalue weighted by Gasteiger charge is -2.07. The summed E-state index contributed by atoms with van der Waals surface area (Å²) < 4.78 is 10.7. The predicted octanol–water partition coefficient (Wildman–Crippen LogP) is 3.49. The number of carbonyl (C=O) groups is 1. The van der Waals surface area contributed by atoms with Crippen LogP contribution in [0.3, 0.4) is 0 Å². The molecule has 1 aliphatic rings. The summed E-state index contributed by atoms with van der Waals surface area (Å²) in [6, 6.07) is 11.6. The maximum absolute atomic E-state index is 12.4. The molecule has 1 aromatic heterocycles. The van der Waals surface area contributed by atoms with Crippen molar-refractivity contribution >= 4 is 16.8 Å². The third-order valence-corrected chi connectivity index (χ3v) is 4.71. The van der Waals surface area contributed by atoms with Crippen LogP contribution in [0.4, 0.5) is 0 Å². The van der Waals surface area contributed by atoms with E-state index >= 15 is 0 Å². The standard InChI is InChI=1S/C20H20N2O3/c1-12-13(2)22-17-5-4-15(10-16(12)17)20(23)21-8-7-14-3-6-18-19(9-14)25-11-24-18/h3-6,9-10,22H,7-8,11H2,1-2H3,(H,21,23). The summed E-state index contributed by atoms with van der Waals surface area (Å²) in [6.45, 7) is 4.95. The Balaban J connectivity index is 1.41. The normalized spacial score (nSPS) is 12.6. The number of hydrogen-bond donors (Lipinski definition) is 2. The lowest BCUT2D eigenvalue weighted by Crippen LogP contribution is -2.25. The van der Waals surface area contributed by atoms with Gasteiger partial charge in [0, 0.05) is 28.7 Å². The fourth-order valence-corrected chi connectivity index (χ4v) is 3.12. The lowest BCUT2D eigenvalue weighted by molar-refractivity contribution is 0.0954. The molecular formula is C20H20N2O3. The third kappa shape index (κ3) is 2.93. The van der Waals surface area contributed by atoms with E-state index in [-0.39, 0.29) is 12.7 Å². The minimum Gasteiger partial charge on any atom is -0.454 e. The highest BCUT2D eigenvalue weighted by Crippen LogP contribution is 2.32. The number of aromatic nitrogens is 1. The number of rotatable bonds is 4. The Morgan fingerprint density at radius 1 is 1.12 bits per heavy atom. The van der Waals surface area contributed by atoms with Crippen molar-refractivity contribution in [1.29, 1.82) is 0 Å². The summed E-state index contributed by atoms with van der Waals surface area (Å²) in [5.74, 6) is 1.49. The summed E-state index contributed by atoms with van der Waals surface area (Å²) in [4.78, 5) is 15.7. The third-order valence-electron chi connectivity index (χ3n) is 4.71. The Kier molecular flexibility index (Phi) is 3.84. The first-order valence-corrected chi connectivity index (χ1v) is 8.37. The van der Waals surface area contributed by atoms with E-state index < -0.39 is 0 Å². The Hall–Kier alpha value is -2.95. The highest BCUT2D eigenvalue weighted by Gasteiger charge is 2.13. The second kappa shape index (κ2) is 6.16. The largest absolute Gasteiger partial charge is 0.454 e. The van der Waals surface area contributed by atoms with Gasteiger partial charge in [0.25, 0.3) is 5.91 Å². The van der Waals surface area contributed by atoms with Crippen LogP contribution in [-0.4, -0.2) is 24.2 Å². The molecule has 0 saturated carbocycles. The average molecular weight is 336 g/mol. The molecule has 128 valence electrons. The Labute approximate surface area is 146 Å². The summed E-state index contributed by atoms with van der Waals surface area (Å²) >= 11 is 0. The van der Waals surface area contributed by atoms with Crippen LogP contribution in [0, 0.1) is 13.8 Å². The summed E-state index contributed by atoms with van der Waals surface area (Å²) in [6.07, 6.45) is 0.743. The van der Waals surface area contributed by atoms with Gasteiger partial charge in [-0.3, -0.25) is 4.79 Å². The summed E-state index contributed by atoms with van der Waals surface area (Å²) in [5.41, 5.74) is 5.17. The Morgan fingerprint density at radius 3 is 2.84 bits per heavy atom. The molecule has 5 heteroatoms. The van der Waals surface area contributed by atoms with Gasteiger partial charge in [0.1, 0.15) is 0 Å². The fraction of sp³-hybridized carbons (Fsp3) is 0.250. The van der Waals surface area contributed by atoms with Crippen LogP contribution in [0.25, 0.3) is 10.9 Å².